The molecule has 28 heavy (non-hydrogen) atoms. The molecule has 146 valence electrons. The van der Waals surface area contributed by atoms with Gasteiger partial charge in [-0.2, -0.15) is 5.10 Å². The van der Waals surface area contributed by atoms with Gasteiger partial charge in [0.1, 0.15) is 11.4 Å². The molecule has 0 aliphatic rings. The second kappa shape index (κ2) is 8.06. The summed E-state index contributed by atoms with van der Waals surface area (Å²) in [6, 6.07) is 9.87. The number of aryl methyl sites for hydroxylation is 1. The van der Waals surface area contributed by atoms with Crippen molar-refractivity contribution in [2.45, 2.75) is 46.1 Å². The lowest BCUT2D eigenvalue weighted by molar-refractivity contribution is -0.121. The molecule has 1 aromatic carbocycles. The van der Waals surface area contributed by atoms with E-state index in [0.29, 0.717) is 10.2 Å². The summed E-state index contributed by atoms with van der Waals surface area (Å²) in [5, 5.41) is 4.54. The first-order valence-corrected chi connectivity index (χ1v) is 10.00. The summed E-state index contributed by atoms with van der Waals surface area (Å²) >= 11 is 1.50. The highest BCUT2D eigenvalue weighted by Gasteiger charge is 2.13. The maximum absolute atomic E-state index is 12.5. The number of rotatable bonds is 5. The molecule has 0 saturated carbocycles. The molecule has 6 nitrogen and oxygen atoms in total. The molecule has 1 N–H and O–H groups in total. The molecule has 3 rings (SSSR count). The van der Waals surface area contributed by atoms with Gasteiger partial charge in [0.15, 0.2) is 0 Å². The minimum atomic E-state index is -0.378. The highest BCUT2D eigenvalue weighted by molar-refractivity contribution is 7.18. The van der Waals surface area contributed by atoms with Crippen molar-refractivity contribution in [1.82, 2.24) is 15.0 Å². The number of hydrogen-bond donors (Lipinski definition) is 1. The van der Waals surface area contributed by atoms with Crippen LogP contribution >= 0.6 is 11.3 Å². The molecule has 0 fully saturated rings. The number of nitrogens with zero attached hydrogens (tertiary/aromatic N) is 3. The third-order valence-electron chi connectivity index (χ3n) is 4.41. The molecule has 0 aliphatic carbocycles. The Morgan fingerprint density at radius 1 is 1.29 bits per heavy atom. The maximum atomic E-state index is 12.5. The SMILES string of the molecule is CCc1cc2c(=O)n(CC(=O)N/N=C\c3ccc(C(C)(C)C)cc3)cnc2s1. The Labute approximate surface area is 167 Å². The second-order valence-electron chi connectivity index (χ2n) is 7.63. The predicted molar refractivity (Wildman–Crippen MR) is 114 cm³/mol. The van der Waals surface area contributed by atoms with E-state index in [1.807, 2.05) is 25.1 Å². The molecule has 0 aliphatic heterocycles. The van der Waals surface area contributed by atoms with E-state index < -0.39 is 0 Å². The molecular formula is C21H24N4O2S. The lowest BCUT2D eigenvalue weighted by Crippen LogP contribution is -2.29. The fraction of sp³-hybridized carbons (Fsp3) is 0.333. The van der Waals surface area contributed by atoms with Crippen molar-refractivity contribution in [3.8, 4) is 0 Å². The average molecular weight is 397 g/mol. The zero-order chi connectivity index (χ0) is 20.3. The van der Waals surface area contributed by atoms with Crippen molar-refractivity contribution in [1.29, 1.82) is 0 Å². The fourth-order valence-corrected chi connectivity index (χ4v) is 3.66. The number of carbonyl (C=O) groups excluding carboxylic acids is 1. The van der Waals surface area contributed by atoms with Gasteiger partial charge in [-0.15, -0.1) is 11.3 Å². The molecule has 2 aromatic heterocycles. The van der Waals surface area contributed by atoms with E-state index in [1.54, 1.807) is 6.21 Å². The average Bonchev–Trinajstić information content (AvgIpc) is 3.08. The van der Waals surface area contributed by atoms with Crippen LogP contribution in [0, 0.1) is 0 Å². The highest BCUT2D eigenvalue weighted by atomic mass is 32.1. The Bertz CT molecular complexity index is 1070. The van der Waals surface area contributed by atoms with E-state index in [-0.39, 0.29) is 23.4 Å². The standard InChI is InChI=1S/C21H24N4O2S/c1-5-16-10-17-19(28-16)22-13-25(20(17)27)12-18(26)24-23-11-14-6-8-15(9-7-14)21(2,3)4/h6-11,13H,5,12H2,1-4H3,(H,24,26)/b23-11-. The predicted octanol–water partition coefficient (Wildman–Crippen LogP) is 3.47. The summed E-state index contributed by atoms with van der Waals surface area (Å²) in [7, 11) is 0. The van der Waals surface area contributed by atoms with Gasteiger partial charge in [0.2, 0.25) is 0 Å². The van der Waals surface area contributed by atoms with Crippen LogP contribution in [-0.2, 0) is 23.2 Å². The Balaban J connectivity index is 1.64. The number of hydrogen-bond acceptors (Lipinski definition) is 5. The molecule has 0 saturated heterocycles. The third-order valence-corrected chi connectivity index (χ3v) is 5.60. The van der Waals surface area contributed by atoms with Crippen LogP contribution < -0.4 is 11.0 Å². The Morgan fingerprint density at radius 2 is 2.00 bits per heavy atom. The Morgan fingerprint density at radius 3 is 2.64 bits per heavy atom. The first-order valence-electron chi connectivity index (χ1n) is 9.18. The number of nitrogens with one attached hydrogen (secondary N) is 1. The maximum Gasteiger partial charge on any atom is 0.262 e. The van der Waals surface area contributed by atoms with Crippen LogP contribution in [0.25, 0.3) is 10.2 Å². The number of thiophene rings is 1. The molecule has 0 atom stereocenters. The highest BCUT2D eigenvalue weighted by Crippen LogP contribution is 2.22. The first-order chi connectivity index (χ1) is 13.3. The van der Waals surface area contributed by atoms with E-state index >= 15 is 0 Å². The number of hydrazone groups is 1. The van der Waals surface area contributed by atoms with Crippen LogP contribution in [0.4, 0.5) is 0 Å². The van der Waals surface area contributed by atoms with Gasteiger partial charge in [-0.1, -0.05) is 52.0 Å². The summed E-state index contributed by atoms with van der Waals surface area (Å²) in [5.41, 5.74) is 4.46. The molecule has 7 heteroatoms. The van der Waals surface area contributed by atoms with Crippen molar-refractivity contribution < 1.29 is 4.79 Å². The van der Waals surface area contributed by atoms with Gasteiger partial charge >= 0.3 is 0 Å². The summed E-state index contributed by atoms with van der Waals surface area (Å²) < 4.78 is 1.30. The smallest absolute Gasteiger partial charge is 0.262 e. The van der Waals surface area contributed by atoms with Gasteiger partial charge in [0, 0.05) is 4.88 Å². The fourth-order valence-electron chi connectivity index (χ4n) is 2.73. The van der Waals surface area contributed by atoms with Gasteiger partial charge in [0.05, 0.1) is 17.9 Å². The molecule has 0 spiro atoms. The largest absolute Gasteiger partial charge is 0.289 e. The molecule has 0 bridgehead atoms. The van der Waals surface area contributed by atoms with Crippen molar-refractivity contribution in [3.05, 3.63) is 63.0 Å². The Hall–Kier alpha value is -2.80. The molecular weight excluding hydrogens is 372 g/mol. The van der Waals surface area contributed by atoms with Crippen LogP contribution in [0.15, 0.2) is 46.6 Å². The van der Waals surface area contributed by atoms with Crippen LogP contribution in [0.3, 0.4) is 0 Å². The zero-order valence-electron chi connectivity index (χ0n) is 16.5. The van der Waals surface area contributed by atoms with Gasteiger partial charge < -0.3 is 0 Å². The number of aromatic nitrogens is 2. The lowest BCUT2D eigenvalue weighted by Gasteiger charge is -2.18. The number of fused-ring (bicyclic) bond motifs is 1. The second-order valence-corrected chi connectivity index (χ2v) is 8.74. The molecule has 2 heterocycles. The third kappa shape index (κ3) is 4.54. The van der Waals surface area contributed by atoms with Crippen molar-refractivity contribution in [2.24, 2.45) is 5.10 Å². The molecule has 1 amide bonds. The minimum Gasteiger partial charge on any atom is -0.289 e. The van der Waals surface area contributed by atoms with Crippen LogP contribution in [-0.4, -0.2) is 21.7 Å². The monoisotopic (exact) mass is 396 g/mol. The van der Waals surface area contributed by atoms with E-state index in [1.165, 1.54) is 27.8 Å². The van der Waals surface area contributed by atoms with Crippen LogP contribution in [0.1, 0.15) is 43.7 Å². The minimum absolute atomic E-state index is 0.0899. The van der Waals surface area contributed by atoms with E-state index in [4.69, 9.17) is 0 Å². The van der Waals surface area contributed by atoms with Crippen molar-refractivity contribution >= 4 is 33.7 Å². The van der Waals surface area contributed by atoms with Crippen molar-refractivity contribution in [3.63, 3.8) is 0 Å². The summed E-state index contributed by atoms with van der Waals surface area (Å²) in [4.78, 5) is 30.7. The summed E-state index contributed by atoms with van der Waals surface area (Å²) in [6.07, 6.45) is 3.85. The number of amides is 1. The van der Waals surface area contributed by atoms with E-state index in [0.717, 1.165) is 16.9 Å². The van der Waals surface area contributed by atoms with Crippen molar-refractivity contribution in [2.75, 3.05) is 0 Å². The summed E-state index contributed by atoms with van der Waals surface area (Å²) in [5.74, 6) is -0.378. The summed E-state index contributed by atoms with van der Waals surface area (Å²) in [6.45, 7) is 8.38. The number of benzene rings is 1. The molecule has 3 aromatic rings. The quantitative estimate of drug-likeness (QED) is 0.530. The van der Waals surface area contributed by atoms with Crippen LogP contribution in [0.2, 0.25) is 0 Å². The number of carbonyl (C=O) groups is 1. The molecule has 0 unspecified atom stereocenters. The first kappa shape index (κ1) is 19.9. The van der Waals surface area contributed by atoms with Gasteiger partial charge in [-0.25, -0.2) is 10.4 Å². The van der Waals surface area contributed by atoms with Gasteiger partial charge in [0.25, 0.3) is 11.5 Å². The van der Waals surface area contributed by atoms with Gasteiger partial charge in [-0.05, 0) is 29.0 Å². The molecule has 0 radical (unpaired) electrons. The zero-order valence-corrected chi connectivity index (χ0v) is 17.3. The van der Waals surface area contributed by atoms with Crippen LogP contribution in [0.5, 0.6) is 0 Å². The van der Waals surface area contributed by atoms with Gasteiger partial charge in [-0.3, -0.25) is 14.2 Å². The lowest BCUT2D eigenvalue weighted by atomic mass is 9.87. The van der Waals surface area contributed by atoms with E-state index in [2.05, 4.69) is 48.4 Å². The normalized spacial score (nSPS) is 12.0. The topological polar surface area (TPSA) is 76.3 Å². The Kier molecular flexibility index (Phi) is 5.74. The van der Waals surface area contributed by atoms with E-state index in [9.17, 15) is 9.59 Å².